The topological polar surface area (TPSA) is 60.7 Å². The van der Waals surface area contributed by atoms with E-state index in [2.05, 4.69) is 0 Å². The van der Waals surface area contributed by atoms with Crippen molar-refractivity contribution in [2.45, 2.75) is 38.6 Å². The molecule has 0 fully saturated rings. The van der Waals surface area contributed by atoms with Gasteiger partial charge in [0.25, 0.3) is 0 Å². The van der Waals surface area contributed by atoms with Crippen molar-refractivity contribution in [1.29, 1.82) is 0 Å². The molecule has 0 radical (unpaired) electrons. The van der Waals surface area contributed by atoms with Crippen molar-refractivity contribution in [3.8, 4) is 0 Å². The van der Waals surface area contributed by atoms with Gasteiger partial charge in [-0.1, -0.05) is 6.92 Å². The van der Waals surface area contributed by atoms with Crippen LogP contribution < -0.4 is 0 Å². The van der Waals surface area contributed by atoms with Crippen LogP contribution in [0.2, 0.25) is 0 Å². The van der Waals surface area contributed by atoms with Crippen LogP contribution in [0.1, 0.15) is 20.3 Å². The summed E-state index contributed by atoms with van der Waals surface area (Å²) in [7, 11) is 0. The molecule has 3 unspecified atom stereocenters. The van der Waals surface area contributed by atoms with E-state index in [1.807, 2.05) is 0 Å². The predicted octanol–water partition coefficient (Wildman–Crippen LogP) is -1.15. The van der Waals surface area contributed by atoms with E-state index in [9.17, 15) is 0 Å². The summed E-state index contributed by atoms with van der Waals surface area (Å²) >= 11 is 0. The van der Waals surface area contributed by atoms with Crippen LogP contribution in [-0.2, 0) is 0 Å². The SMILES string of the molecule is CCC(O)C(O)C(C)O.[NaH]. The van der Waals surface area contributed by atoms with Crippen LogP contribution in [0.5, 0.6) is 0 Å². The molecule has 0 aromatic carbocycles. The summed E-state index contributed by atoms with van der Waals surface area (Å²) in [5.41, 5.74) is 0. The summed E-state index contributed by atoms with van der Waals surface area (Å²) in [6, 6.07) is 0. The van der Waals surface area contributed by atoms with Crippen molar-refractivity contribution in [3.63, 3.8) is 0 Å². The Balaban J connectivity index is 0. The molecule has 3 N–H and O–H groups in total. The maximum atomic E-state index is 8.89. The minimum atomic E-state index is -1.00. The van der Waals surface area contributed by atoms with Crippen LogP contribution in [-0.4, -0.2) is 63.2 Å². The molecule has 0 rings (SSSR count). The maximum absolute atomic E-state index is 8.89. The van der Waals surface area contributed by atoms with E-state index in [1.54, 1.807) is 6.92 Å². The molecule has 3 nitrogen and oxygen atoms in total. The molecule has 0 aromatic heterocycles. The quantitative estimate of drug-likeness (QED) is 0.454. The molecule has 0 aliphatic heterocycles. The molecular formula is C6H15NaO3. The van der Waals surface area contributed by atoms with E-state index in [1.165, 1.54) is 6.92 Å². The standard InChI is InChI=1S/C6H14O3.Na.H/c1-3-5(8)6(9)4(2)7;;/h4-9H,3H2,1-2H3;;. The van der Waals surface area contributed by atoms with Crippen molar-refractivity contribution < 1.29 is 15.3 Å². The second-order valence-electron chi connectivity index (χ2n) is 2.21. The zero-order valence-corrected chi connectivity index (χ0v) is 5.78. The molecule has 0 aliphatic rings. The number of aliphatic hydroxyl groups excluding tert-OH is 3. The van der Waals surface area contributed by atoms with E-state index >= 15 is 0 Å². The van der Waals surface area contributed by atoms with Gasteiger partial charge < -0.3 is 15.3 Å². The third-order valence-corrected chi connectivity index (χ3v) is 1.31. The molecule has 3 atom stereocenters. The normalized spacial score (nSPS) is 18.9. The average Bonchev–Trinajstić information content (AvgIpc) is 1.84. The molecule has 0 bridgehead atoms. The van der Waals surface area contributed by atoms with Crippen LogP contribution in [0, 0.1) is 0 Å². The van der Waals surface area contributed by atoms with Crippen molar-refractivity contribution in [1.82, 2.24) is 0 Å². The first kappa shape index (κ1) is 13.5. The third-order valence-electron chi connectivity index (χ3n) is 1.31. The summed E-state index contributed by atoms with van der Waals surface area (Å²) < 4.78 is 0. The van der Waals surface area contributed by atoms with Gasteiger partial charge in [-0.3, -0.25) is 0 Å². The van der Waals surface area contributed by atoms with Gasteiger partial charge in [-0.15, -0.1) is 0 Å². The Kier molecular flexibility index (Phi) is 8.86. The van der Waals surface area contributed by atoms with Crippen molar-refractivity contribution >= 4 is 29.6 Å². The fraction of sp³-hybridized carbons (Fsp3) is 1.00. The summed E-state index contributed by atoms with van der Waals surface area (Å²) in [6.45, 7) is 3.19. The molecule has 0 heterocycles. The van der Waals surface area contributed by atoms with Gasteiger partial charge in [0.1, 0.15) is 6.10 Å². The van der Waals surface area contributed by atoms with Gasteiger partial charge >= 0.3 is 29.6 Å². The molecule has 0 amide bonds. The van der Waals surface area contributed by atoms with Gasteiger partial charge in [0.2, 0.25) is 0 Å². The number of hydrogen-bond acceptors (Lipinski definition) is 3. The Morgan fingerprint density at radius 1 is 1.20 bits per heavy atom. The Labute approximate surface area is 83.4 Å². The van der Waals surface area contributed by atoms with Crippen LogP contribution in [0.15, 0.2) is 0 Å². The van der Waals surface area contributed by atoms with Gasteiger partial charge in [0, 0.05) is 0 Å². The predicted molar refractivity (Wildman–Crippen MR) is 41.1 cm³/mol. The zero-order chi connectivity index (χ0) is 7.44. The Hall–Kier alpha value is 0.880. The van der Waals surface area contributed by atoms with Gasteiger partial charge in [0.15, 0.2) is 0 Å². The van der Waals surface area contributed by atoms with Gasteiger partial charge in [-0.05, 0) is 13.3 Å². The number of hydrogen-bond donors (Lipinski definition) is 3. The minimum absolute atomic E-state index is 0. The fourth-order valence-electron chi connectivity index (χ4n) is 0.563. The summed E-state index contributed by atoms with van der Waals surface area (Å²) in [6.07, 6.45) is -2.19. The third kappa shape index (κ3) is 4.66. The summed E-state index contributed by atoms with van der Waals surface area (Å²) in [5, 5.41) is 26.5. The van der Waals surface area contributed by atoms with E-state index in [0.29, 0.717) is 6.42 Å². The van der Waals surface area contributed by atoms with Crippen LogP contribution in [0.25, 0.3) is 0 Å². The Bertz CT molecular complexity index is 77.4. The molecule has 0 aliphatic carbocycles. The van der Waals surface area contributed by atoms with Crippen LogP contribution in [0.3, 0.4) is 0 Å². The van der Waals surface area contributed by atoms with Crippen LogP contribution >= 0.6 is 0 Å². The van der Waals surface area contributed by atoms with Gasteiger partial charge in [-0.25, -0.2) is 0 Å². The summed E-state index contributed by atoms with van der Waals surface area (Å²) in [5.74, 6) is 0. The van der Waals surface area contributed by atoms with E-state index in [0.717, 1.165) is 0 Å². The Morgan fingerprint density at radius 2 is 1.60 bits per heavy atom. The molecule has 0 aromatic rings. The second-order valence-corrected chi connectivity index (χ2v) is 2.21. The van der Waals surface area contributed by atoms with Crippen molar-refractivity contribution in [3.05, 3.63) is 0 Å². The average molecular weight is 158 g/mol. The summed E-state index contributed by atoms with van der Waals surface area (Å²) in [4.78, 5) is 0. The second kappa shape index (κ2) is 6.58. The van der Waals surface area contributed by atoms with E-state index in [4.69, 9.17) is 15.3 Å². The fourth-order valence-corrected chi connectivity index (χ4v) is 0.563. The van der Waals surface area contributed by atoms with Crippen molar-refractivity contribution in [2.75, 3.05) is 0 Å². The van der Waals surface area contributed by atoms with Crippen molar-refractivity contribution in [2.24, 2.45) is 0 Å². The molecule has 10 heavy (non-hydrogen) atoms. The Morgan fingerprint density at radius 3 is 1.70 bits per heavy atom. The monoisotopic (exact) mass is 158 g/mol. The molecular weight excluding hydrogens is 143 g/mol. The van der Waals surface area contributed by atoms with E-state index in [-0.39, 0.29) is 29.6 Å². The molecule has 4 heteroatoms. The zero-order valence-electron chi connectivity index (χ0n) is 5.78. The van der Waals surface area contributed by atoms with E-state index < -0.39 is 18.3 Å². The molecule has 58 valence electrons. The number of aliphatic hydroxyl groups is 3. The first-order valence-corrected chi connectivity index (χ1v) is 3.13. The first-order valence-electron chi connectivity index (χ1n) is 3.13. The first-order chi connectivity index (χ1) is 4.09. The van der Waals surface area contributed by atoms with Crippen LogP contribution in [0.4, 0.5) is 0 Å². The van der Waals surface area contributed by atoms with Gasteiger partial charge in [0.05, 0.1) is 12.2 Å². The molecule has 0 saturated carbocycles. The molecule has 0 spiro atoms. The number of rotatable bonds is 3. The molecule has 0 saturated heterocycles. The van der Waals surface area contributed by atoms with Gasteiger partial charge in [-0.2, -0.15) is 0 Å².